The van der Waals surface area contributed by atoms with Gasteiger partial charge in [0.05, 0.1) is 11.4 Å². The van der Waals surface area contributed by atoms with E-state index in [1.807, 2.05) is 0 Å². The van der Waals surface area contributed by atoms with E-state index in [4.69, 9.17) is 0 Å². The molecule has 2 aliphatic rings. The molecule has 8 heteroatoms. The van der Waals surface area contributed by atoms with E-state index in [2.05, 4.69) is 22.0 Å². The largest absolute Gasteiger partial charge is 0.308 e. The monoisotopic (exact) mass is 450 g/mol. The number of nitrogens with zero attached hydrogens (tertiary/aromatic N) is 3. The van der Waals surface area contributed by atoms with Crippen LogP contribution in [0, 0.1) is 0 Å². The van der Waals surface area contributed by atoms with Crippen LogP contribution in [-0.4, -0.2) is 93.8 Å². The summed E-state index contributed by atoms with van der Waals surface area (Å²) in [6.45, 7) is 8.77. The average Bonchev–Trinajstić information content (AvgIpc) is 2.79. The maximum absolute atomic E-state index is 12.8. The summed E-state index contributed by atoms with van der Waals surface area (Å²) < 4.78 is 25.9. The normalized spacial score (nSPS) is 20.8. The quantitative estimate of drug-likeness (QED) is 0.581. The Balaban J connectivity index is 1.63. The Kier molecular flexibility index (Phi) is 8.26. The van der Waals surface area contributed by atoms with E-state index in [1.165, 1.54) is 62.6 Å². The molecule has 1 N–H and O–H groups in total. The van der Waals surface area contributed by atoms with Crippen LogP contribution >= 0.6 is 0 Å². The van der Waals surface area contributed by atoms with Gasteiger partial charge in [0.1, 0.15) is 0 Å². The summed E-state index contributed by atoms with van der Waals surface area (Å²) in [5.41, 5.74) is 0.568. The summed E-state index contributed by atoms with van der Waals surface area (Å²) >= 11 is 0. The Labute approximate surface area is 187 Å². The molecule has 1 aliphatic heterocycles. The van der Waals surface area contributed by atoms with Crippen LogP contribution in [0.1, 0.15) is 49.4 Å². The standard InChI is InChI=1S/C23H38N4O3S/c1-4-26-13-15-27(16-14-26)23(11-6-5-7-12-23)19-24-18-22(28)20-9-8-10-21(17-20)31(29,30)25(2)3/h8-10,17,24H,4-7,11-16,18-19H2,1-3H3. The number of carbonyl (C=O) groups excluding carboxylic acids is 1. The van der Waals surface area contributed by atoms with E-state index < -0.39 is 10.0 Å². The van der Waals surface area contributed by atoms with E-state index in [0.717, 1.165) is 39.3 Å². The number of Topliss-reactive ketones (excluding diaryl/α,β-unsaturated/α-hetero) is 1. The summed E-state index contributed by atoms with van der Waals surface area (Å²) in [4.78, 5) is 18.1. The van der Waals surface area contributed by atoms with E-state index in [-0.39, 0.29) is 22.8 Å². The van der Waals surface area contributed by atoms with Gasteiger partial charge >= 0.3 is 0 Å². The number of hydrogen-bond acceptors (Lipinski definition) is 6. The molecular formula is C23H38N4O3S. The van der Waals surface area contributed by atoms with E-state index in [9.17, 15) is 13.2 Å². The van der Waals surface area contributed by atoms with Gasteiger partial charge in [-0.1, -0.05) is 38.3 Å². The molecule has 2 fully saturated rings. The first kappa shape index (κ1) is 24.3. The smallest absolute Gasteiger partial charge is 0.242 e. The number of sulfonamides is 1. The molecule has 1 aromatic carbocycles. The Hall–Kier alpha value is -1.32. The number of carbonyl (C=O) groups is 1. The predicted molar refractivity (Wildman–Crippen MR) is 124 cm³/mol. The summed E-state index contributed by atoms with van der Waals surface area (Å²) in [5.74, 6) is -0.0717. The fourth-order valence-electron chi connectivity index (χ4n) is 4.90. The van der Waals surface area contributed by atoms with Crippen LogP contribution in [0.25, 0.3) is 0 Å². The van der Waals surface area contributed by atoms with Gasteiger partial charge in [0.25, 0.3) is 0 Å². The van der Waals surface area contributed by atoms with Crippen molar-refractivity contribution in [1.29, 1.82) is 0 Å². The second-order valence-corrected chi connectivity index (χ2v) is 11.2. The minimum absolute atomic E-state index is 0.0717. The summed E-state index contributed by atoms with van der Waals surface area (Å²) in [5, 5.41) is 3.43. The molecule has 0 bridgehead atoms. The van der Waals surface area contributed by atoms with Crippen molar-refractivity contribution in [3.63, 3.8) is 0 Å². The Morgan fingerprint density at radius 3 is 2.39 bits per heavy atom. The molecule has 7 nitrogen and oxygen atoms in total. The van der Waals surface area contributed by atoms with Gasteiger partial charge in [-0.05, 0) is 31.5 Å². The lowest BCUT2D eigenvalue weighted by atomic mass is 9.79. The van der Waals surface area contributed by atoms with Gasteiger partial charge in [-0.15, -0.1) is 0 Å². The Morgan fingerprint density at radius 2 is 1.77 bits per heavy atom. The van der Waals surface area contributed by atoms with Crippen molar-refractivity contribution in [3.05, 3.63) is 29.8 Å². The molecule has 174 valence electrons. The lowest BCUT2D eigenvalue weighted by Crippen LogP contribution is -2.61. The van der Waals surface area contributed by atoms with E-state index in [1.54, 1.807) is 12.1 Å². The SMILES string of the molecule is CCN1CCN(C2(CNCC(=O)c3cccc(S(=O)(=O)N(C)C)c3)CCCCC2)CC1. The highest BCUT2D eigenvalue weighted by Gasteiger charge is 2.38. The van der Waals surface area contributed by atoms with Crippen molar-refractivity contribution in [2.24, 2.45) is 0 Å². The molecule has 1 aromatic rings. The molecule has 1 saturated heterocycles. The molecule has 0 amide bonds. The number of rotatable bonds is 9. The number of piperazine rings is 1. The second-order valence-electron chi connectivity index (χ2n) is 9.05. The van der Waals surface area contributed by atoms with E-state index in [0.29, 0.717) is 5.56 Å². The molecule has 0 spiro atoms. The fourth-order valence-corrected chi connectivity index (χ4v) is 5.85. The van der Waals surface area contributed by atoms with Gasteiger partial charge in [0.2, 0.25) is 10.0 Å². The third kappa shape index (κ3) is 5.73. The first-order valence-electron chi connectivity index (χ1n) is 11.5. The van der Waals surface area contributed by atoms with Gasteiger partial charge in [-0.3, -0.25) is 9.69 Å². The van der Waals surface area contributed by atoms with Gasteiger partial charge in [0, 0.05) is 57.9 Å². The van der Waals surface area contributed by atoms with Crippen LogP contribution in [0.2, 0.25) is 0 Å². The Bertz CT molecular complexity index is 842. The van der Waals surface area contributed by atoms with Crippen LogP contribution in [0.15, 0.2) is 29.2 Å². The summed E-state index contributed by atoms with van der Waals surface area (Å²) in [6, 6.07) is 6.35. The average molecular weight is 451 g/mol. The van der Waals surface area contributed by atoms with Crippen molar-refractivity contribution in [3.8, 4) is 0 Å². The predicted octanol–water partition coefficient (Wildman–Crippen LogP) is 2.05. The van der Waals surface area contributed by atoms with Crippen LogP contribution in [0.4, 0.5) is 0 Å². The molecule has 0 atom stereocenters. The van der Waals surface area contributed by atoms with Gasteiger partial charge in [-0.25, -0.2) is 12.7 Å². The molecule has 0 radical (unpaired) electrons. The number of likely N-dealkylation sites (N-methyl/N-ethyl adjacent to an activating group) is 1. The van der Waals surface area contributed by atoms with Crippen LogP contribution in [0.3, 0.4) is 0 Å². The lowest BCUT2D eigenvalue weighted by molar-refractivity contribution is 0.00929. The van der Waals surface area contributed by atoms with E-state index >= 15 is 0 Å². The minimum Gasteiger partial charge on any atom is -0.308 e. The molecule has 1 heterocycles. The third-order valence-corrected chi connectivity index (χ3v) is 8.76. The van der Waals surface area contributed by atoms with Gasteiger partial charge in [0.15, 0.2) is 5.78 Å². The highest BCUT2D eigenvalue weighted by Crippen LogP contribution is 2.34. The van der Waals surface area contributed by atoms with Crippen LogP contribution in [-0.2, 0) is 10.0 Å². The zero-order chi connectivity index (χ0) is 22.5. The first-order valence-corrected chi connectivity index (χ1v) is 13.0. The van der Waals surface area contributed by atoms with Crippen molar-refractivity contribution >= 4 is 15.8 Å². The van der Waals surface area contributed by atoms with Crippen LogP contribution < -0.4 is 5.32 Å². The molecule has 31 heavy (non-hydrogen) atoms. The maximum atomic E-state index is 12.8. The van der Waals surface area contributed by atoms with Crippen LogP contribution in [0.5, 0.6) is 0 Å². The molecule has 1 aliphatic carbocycles. The second kappa shape index (κ2) is 10.5. The molecule has 3 rings (SSSR count). The molecule has 1 saturated carbocycles. The topological polar surface area (TPSA) is 73.0 Å². The summed E-state index contributed by atoms with van der Waals surface area (Å²) in [6.07, 6.45) is 6.14. The molecule has 0 unspecified atom stereocenters. The van der Waals surface area contributed by atoms with Crippen molar-refractivity contribution in [2.45, 2.75) is 49.5 Å². The number of hydrogen-bond donors (Lipinski definition) is 1. The Morgan fingerprint density at radius 1 is 1.10 bits per heavy atom. The third-order valence-electron chi connectivity index (χ3n) is 6.95. The van der Waals surface area contributed by atoms with Crippen molar-refractivity contribution < 1.29 is 13.2 Å². The first-order chi connectivity index (χ1) is 14.8. The fraction of sp³-hybridized carbons (Fsp3) is 0.696. The van der Waals surface area contributed by atoms with Gasteiger partial charge in [-0.2, -0.15) is 0 Å². The zero-order valence-electron chi connectivity index (χ0n) is 19.3. The summed E-state index contributed by atoms with van der Waals surface area (Å²) in [7, 11) is -0.561. The number of ketones is 1. The highest BCUT2D eigenvalue weighted by molar-refractivity contribution is 7.89. The molecule has 0 aromatic heterocycles. The zero-order valence-corrected chi connectivity index (χ0v) is 20.1. The van der Waals surface area contributed by atoms with Crippen molar-refractivity contribution in [1.82, 2.24) is 19.4 Å². The maximum Gasteiger partial charge on any atom is 0.242 e. The molecular weight excluding hydrogens is 412 g/mol. The lowest BCUT2D eigenvalue weighted by Gasteiger charge is -2.50. The number of benzene rings is 1. The highest BCUT2D eigenvalue weighted by atomic mass is 32.2. The van der Waals surface area contributed by atoms with Crippen molar-refractivity contribution in [2.75, 3.05) is 59.9 Å². The van der Waals surface area contributed by atoms with Gasteiger partial charge < -0.3 is 10.2 Å². The number of nitrogens with one attached hydrogen (secondary N) is 1. The minimum atomic E-state index is -3.55.